The maximum absolute atomic E-state index is 11.7. The average Bonchev–Trinajstić information content (AvgIpc) is 3.07. The second-order valence-corrected chi connectivity index (χ2v) is 6.61. The Morgan fingerprint density at radius 3 is 2.41 bits per heavy atom. The highest BCUT2D eigenvalue weighted by Crippen LogP contribution is 2.22. The van der Waals surface area contributed by atoms with Crippen LogP contribution in [0.4, 0.5) is 0 Å². The van der Waals surface area contributed by atoms with E-state index in [1.807, 2.05) is 74.5 Å². The van der Waals surface area contributed by atoms with Crippen molar-refractivity contribution in [2.45, 2.75) is 26.7 Å². The zero-order valence-electron chi connectivity index (χ0n) is 15.3. The zero-order valence-corrected chi connectivity index (χ0v) is 16.1. The maximum atomic E-state index is 11.7. The molecule has 3 aromatic rings. The normalized spacial score (nSPS) is 11.2. The topological polar surface area (TPSA) is 55.1 Å². The zero-order chi connectivity index (χ0) is 19.4. The van der Waals surface area contributed by atoms with Gasteiger partial charge in [-0.15, -0.1) is 0 Å². The molecule has 0 bridgehead atoms. The number of halogens is 1. The van der Waals surface area contributed by atoms with Crippen LogP contribution >= 0.6 is 11.6 Å². The van der Waals surface area contributed by atoms with Crippen LogP contribution in [0.2, 0.25) is 5.02 Å². The Hall–Kier alpha value is -2.85. The lowest BCUT2D eigenvalue weighted by Gasteiger charge is -2.07. The molecule has 0 radical (unpaired) electrons. The molecule has 0 fully saturated rings. The lowest BCUT2D eigenvalue weighted by molar-refractivity contribution is 0.0694. The van der Waals surface area contributed by atoms with Crippen LogP contribution in [0.25, 0.3) is 17.8 Å². The van der Waals surface area contributed by atoms with E-state index in [0.717, 1.165) is 22.5 Å². The van der Waals surface area contributed by atoms with Crippen LogP contribution < -0.4 is 0 Å². The SMILES string of the molecule is CCc1nn(-c2cccc(/C=C/c3ccc(Cl)cc3)c2)c(CC)c1C(=O)O. The molecule has 5 heteroatoms. The van der Waals surface area contributed by atoms with Gasteiger partial charge in [-0.2, -0.15) is 5.10 Å². The highest BCUT2D eigenvalue weighted by Gasteiger charge is 2.21. The Kier molecular flexibility index (Phi) is 5.77. The molecule has 1 heterocycles. The second-order valence-electron chi connectivity index (χ2n) is 6.17. The van der Waals surface area contributed by atoms with Gasteiger partial charge in [0.1, 0.15) is 5.56 Å². The fourth-order valence-electron chi connectivity index (χ4n) is 3.06. The summed E-state index contributed by atoms with van der Waals surface area (Å²) in [6, 6.07) is 15.5. The molecule has 0 aliphatic rings. The van der Waals surface area contributed by atoms with Gasteiger partial charge >= 0.3 is 5.97 Å². The number of carboxylic acid groups (broad SMARTS) is 1. The van der Waals surface area contributed by atoms with E-state index >= 15 is 0 Å². The smallest absolute Gasteiger partial charge is 0.339 e. The summed E-state index contributed by atoms with van der Waals surface area (Å²) in [4.78, 5) is 11.7. The molecule has 2 aromatic carbocycles. The van der Waals surface area contributed by atoms with Crippen molar-refractivity contribution in [2.75, 3.05) is 0 Å². The van der Waals surface area contributed by atoms with E-state index in [1.54, 1.807) is 4.68 Å². The molecule has 3 rings (SSSR count). The van der Waals surface area contributed by atoms with Gasteiger partial charge in [-0.3, -0.25) is 0 Å². The van der Waals surface area contributed by atoms with E-state index in [-0.39, 0.29) is 0 Å². The molecule has 0 unspecified atom stereocenters. The summed E-state index contributed by atoms with van der Waals surface area (Å²) in [5.41, 5.74) is 4.57. The Morgan fingerprint density at radius 1 is 1.07 bits per heavy atom. The lowest BCUT2D eigenvalue weighted by Crippen LogP contribution is -2.06. The Bertz CT molecular complexity index is 988. The third kappa shape index (κ3) is 4.12. The number of aromatic nitrogens is 2. The molecule has 0 aliphatic carbocycles. The fraction of sp³-hybridized carbons (Fsp3) is 0.182. The second kappa shape index (κ2) is 8.23. The van der Waals surface area contributed by atoms with Crippen LogP contribution in [0.5, 0.6) is 0 Å². The largest absolute Gasteiger partial charge is 0.478 e. The number of carbonyl (C=O) groups is 1. The molecule has 27 heavy (non-hydrogen) atoms. The number of carboxylic acids is 1. The molecule has 1 N–H and O–H groups in total. The molecule has 138 valence electrons. The van der Waals surface area contributed by atoms with Crippen molar-refractivity contribution < 1.29 is 9.90 Å². The molecule has 0 aliphatic heterocycles. The first-order valence-electron chi connectivity index (χ1n) is 8.91. The van der Waals surface area contributed by atoms with Crippen molar-refractivity contribution >= 4 is 29.7 Å². The summed E-state index contributed by atoms with van der Waals surface area (Å²) in [6.07, 6.45) is 5.21. The minimum Gasteiger partial charge on any atom is -0.478 e. The molecule has 0 atom stereocenters. The monoisotopic (exact) mass is 380 g/mol. The summed E-state index contributed by atoms with van der Waals surface area (Å²) in [5.74, 6) is -0.922. The highest BCUT2D eigenvalue weighted by molar-refractivity contribution is 6.30. The molecule has 4 nitrogen and oxygen atoms in total. The number of benzene rings is 2. The third-order valence-electron chi connectivity index (χ3n) is 4.39. The van der Waals surface area contributed by atoms with Crippen molar-refractivity contribution in [1.82, 2.24) is 9.78 Å². The number of hydrogen-bond acceptors (Lipinski definition) is 2. The molecular weight excluding hydrogens is 360 g/mol. The van der Waals surface area contributed by atoms with E-state index < -0.39 is 5.97 Å². The summed E-state index contributed by atoms with van der Waals surface area (Å²) in [6.45, 7) is 3.87. The van der Waals surface area contributed by atoms with E-state index in [1.165, 1.54) is 0 Å². The minimum atomic E-state index is -0.922. The minimum absolute atomic E-state index is 0.321. The fourth-order valence-corrected chi connectivity index (χ4v) is 3.19. The van der Waals surface area contributed by atoms with Gasteiger partial charge in [0.15, 0.2) is 0 Å². The van der Waals surface area contributed by atoms with Crippen LogP contribution in [-0.2, 0) is 12.8 Å². The summed E-state index contributed by atoms with van der Waals surface area (Å²) in [7, 11) is 0. The van der Waals surface area contributed by atoms with Crippen molar-refractivity contribution in [1.29, 1.82) is 0 Å². The first-order chi connectivity index (χ1) is 13.0. The Morgan fingerprint density at radius 2 is 1.78 bits per heavy atom. The van der Waals surface area contributed by atoms with Crippen LogP contribution in [-0.4, -0.2) is 20.9 Å². The van der Waals surface area contributed by atoms with Gasteiger partial charge in [-0.1, -0.05) is 61.9 Å². The summed E-state index contributed by atoms with van der Waals surface area (Å²) < 4.78 is 1.75. The van der Waals surface area contributed by atoms with Gasteiger partial charge in [0, 0.05) is 5.02 Å². The maximum Gasteiger partial charge on any atom is 0.339 e. The van der Waals surface area contributed by atoms with E-state index in [4.69, 9.17) is 11.6 Å². The van der Waals surface area contributed by atoms with Crippen LogP contribution in [0, 0.1) is 0 Å². The van der Waals surface area contributed by atoms with Crippen molar-refractivity contribution in [3.8, 4) is 5.69 Å². The quantitative estimate of drug-likeness (QED) is 0.573. The highest BCUT2D eigenvalue weighted by atomic mass is 35.5. The molecule has 0 spiro atoms. The standard InChI is InChI=1S/C22H21ClN2O2/c1-3-19-21(22(26)27)20(4-2)25(24-19)18-7-5-6-16(14-18)9-8-15-10-12-17(23)13-11-15/h5-14H,3-4H2,1-2H3,(H,26,27)/b9-8+. The number of rotatable bonds is 6. The Labute approximate surface area is 163 Å². The number of aryl methyl sites for hydroxylation is 1. The van der Waals surface area contributed by atoms with Crippen LogP contribution in [0.15, 0.2) is 48.5 Å². The van der Waals surface area contributed by atoms with Gasteiger partial charge in [-0.05, 0) is 48.2 Å². The third-order valence-corrected chi connectivity index (χ3v) is 4.64. The Balaban J connectivity index is 1.98. The van der Waals surface area contributed by atoms with E-state index in [2.05, 4.69) is 5.10 Å². The average molecular weight is 381 g/mol. The summed E-state index contributed by atoms with van der Waals surface area (Å²) in [5, 5.41) is 14.8. The molecule has 1 aromatic heterocycles. The number of nitrogens with zero attached hydrogens (tertiary/aromatic N) is 2. The van der Waals surface area contributed by atoms with Crippen LogP contribution in [0.3, 0.4) is 0 Å². The molecule has 0 amide bonds. The lowest BCUT2D eigenvalue weighted by atomic mass is 10.1. The van der Waals surface area contributed by atoms with Crippen molar-refractivity contribution in [2.24, 2.45) is 0 Å². The van der Waals surface area contributed by atoms with E-state index in [0.29, 0.717) is 29.1 Å². The molecule has 0 saturated carbocycles. The van der Waals surface area contributed by atoms with Gasteiger partial charge in [0.05, 0.1) is 17.1 Å². The van der Waals surface area contributed by atoms with Crippen molar-refractivity contribution in [3.05, 3.63) is 81.6 Å². The van der Waals surface area contributed by atoms with E-state index in [9.17, 15) is 9.90 Å². The molecule has 0 saturated heterocycles. The number of aromatic carboxylic acids is 1. The first-order valence-corrected chi connectivity index (χ1v) is 9.29. The van der Waals surface area contributed by atoms with Crippen LogP contribution in [0.1, 0.15) is 46.7 Å². The van der Waals surface area contributed by atoms with Gasteiger partial charge in [0.2, 0.25) is 0 Å². The predicted octanol–water partition coefficient (Wildman–Crippen LogP) is 5.52. The van der Waals surface area contributed by atoms with Crippen molar-refractivity contribution in [3.63, 3.8) is 0 Å². The first kappa shape index (κ1) is 18.9. The predicted molar refractivity (Wildman–Crippen MR) is 110 cm³/mol. The molecular formula is C22H21ClN2O2. The van der Waals surface area contributed by atoms with Gasteiger partial charge in [-0.25, -0.2) is 9.48 Å². The summed E-state index contributed by atoms with van der Waals surface area (Å²) >= 11 is 5.92. The van der Waals surface area contributed by atoms with Gasteiger partial charge < -0.3 is 5.11 Å². The van der Waals surface area contributed by atoms with Gasteiger partial charge in [0.25, 0.3) is 0 Å². The number of hydrogen-bond donors (Lipinski definition) is 1.